The Morgan fingerprint density at radius 1 is 0.886 bits per heavy atom. The number of nitrogens with one attached hydrogen (secondary N) is 1. The fourth-order valence-electron chi connectivity index (χ4n) is 4.75. The molecule has 0 aromatic heterocycles. The lowest BCUT2D eigenvalue weighted by Crippen LogP contribution is -2.53. The quantitative estimate of drug-likeness (QED) is 0.146. The van der Waals surface area contributed by atoms with E-state index in [4.69, 9.17) is 11.6 Å². The number of hydrogen-bond donors (Lipinski definition) is 1. The standard InChI is InChI=1S/C34H35BrClN3O4S/c1-2-3-21-37-34(41)32(22-26-13-6-4-7-14-26)38(24-27-15-10-11-20-31(27)36)33(40)25-39(29-17-12-16-28(35)23-29)44(42,43)30-18-8-5-9-19-30/h4-20,23,32H,2-3,21-22,24-25H2,1H3,(H,37,41)/t32-/m1/s1. The molecule has 0 bridgehead atoms. The van der Waals surface area contributed by atoms with Crippen molar-refractivity contribution in [2.24, 2.45) is 0 Å². The third-order valence-electron chi connectivity index (χ3n) is 7.11. The molecule has 0 aliphatic rings. The maximum absolute atomic E-state index is 14.5. The van der Waals surface area contributed by atoms with Crippen LogP contribution in [-0.2, 0) is 32.6 Å². The van der Waals surface area contributed by atoms with Gasteiger partial charge in [-0.15, -0.1) is 0 Å². The molecule has 0 saturated heterocycles. The molecule has 0 fully saturated rings. The Hall–Kier alpha value is -3.66. The maximum atomic E-state index is 14.5. The summed E-state index contributed by atoms with van der Waals surface area (Å²) in [5.74, 6) is -0.862. The van der Waals surface area contributed by atoms with Gasteiger partial charge in [0, 0.05) is 29.0 Å². The first-order chi connectivity index (χ1) is 21.2. The van der Waals surface area contributed by atoms with Crippen LogP contribution in [0.1, 0.15) is 30.9 Å². The minimum absolute atomic E-state index is 0.00884. The molecule has 0 radical (unpaired) electrons. The molecule has 0 heterocycles. The first-order valence-electron chi connectivity index (χ1n) is 14.4. The third kappa shape index (κ3) is 8.71. The van der Waals surface area contributed by atoms with Crippen LogP contribution in [0.15, 0.2) is 119 Å². The van der Waals surface area contributed by atoms with E-state index in [1.165, 1.54) is 17.0 Å². The summed E-state index contributed by atoms with van der Waals surface area (Å²) in [6.45, 7) is 1.96. The zero-order chi connectivity index (χ0) is 31.5. The highest BCUT2D eigenvalue weighted by atomic mass is 79.9. The maximum Gasteiger partial charge on any atom is 0.264 e. The van der Waals surface area contributed by atoms with Gasteiger partial charge < -0.3 is 10.2 Å². The van der Waals surface area contributed by atoms with E-state index in [0.29, 0.717) is 27.3 Å². The van der Waals surface area contributed by atoms with Crippen molar-refractivity contribution in [2.75, 3.05) is 17.4 Å². The van der Waals surface area contributed by atoms with Crippen LogP contribution in [0.25, 0.3) is 0 Å². The van der Waals surface area contributed by atoms with Gasteiger partial charge in [0.2, 0.25) is 11.8 Å². The molecule has 1 atom stereocenters. The summed E-state index contributed by atoms with van der Waals surface area (Å²) >= 11 is 9.97. The molecule has 4 rings (SSSR count). The molecule has 10 heteroatoms. The van der Waals surface area contributed by atoms with E-state index in [-0.39, 0.29) is 23.8 Å². The number of amides is 2. The normalized spacial score (nSPS) is 11.9. The van der Waals surface area contributed by atoms with Crippen molar-refractivity contribution in [1.82, 2.24) is 10.2 Å². The second-order valence-corrected chi connectivity index (χ2v) is 13.5. The number of hydrogen-bond acceptors (Lipinski definition) is 4. The number of carbonyl (C=O) groups is 2. The van der Waals surface area contributed by atoms with Crippen LogP contribution in [0.3, 0.4) is 0 Å². The van der Waals surface area contributed by atoms with Gasteiger partial charge in [0.05, 0.1) is 10.6 Å². The summed E-state index contributed by atoms with van der Waals surface area (Å²) in [4.78, 5) is 29.7. The second-order valence-electron chi connectivity index (χ2n) is 10.3. The van der Waals surface area contributed by atoms with Crippen molar-refractivity contribution in [3.63, 3.8) is 0 Å². The van der Waals surface area contributed by atoms with E-state index < -0.39 is 28.5 Å². The lowest BCUT2D eigenvalue weighted by Gasteiger charge is -2.34. The van der Waals surface area contributed by atoms with Crippen LogP contribution < -0.4 is 9.62 Å². The van der Waals surface area contributed by atoms with Crippen LogP contribution in [0.5, 0.6) is 0 Å². The summed E-state index contributed by atoms with van der Waals surface area (Å²) < 4.78 is 29.8. The van der Waals surface area contributed by atoms with Crippen molar-refractivity contribution < 1.29 is 18.0 Å². The Kier molecular flexibility index (Phi) is 12.0. The number of carbonyl (C=O) groups excluding carboxylic acids is 2. The number of rotatable bonds is 14. The summed E-state index contributed by atoms with van der Waals surface area (Å²) in [7, 11) is -4.16. The fourth-order valence-corrected chi connectivity index (χ4v) is 6.76. The molecule has 2 amide bonds. The van der Waals surface area contributed by atoms with Gasteiger partial charge >= 0.3 is 0 Å². The van der Waals surface area contributed by atoms with Crippen molar-refractivity contribution in [3.05, 3.63) is 130 Å². The number of anilines is 1. The lowest BCUT2D eigenvalue weighted by molar-refractivity contribution is -0.140. The van der Waals surface area contributed by atoms with Gasteiger partial charge in [-0.2, -0.15) is 0 Å². The molecule has 0 spiro atoms. The average molecular weight is 697 g/mol. The molecular weight excluding hydrogens is 662 g/mol. The van der Waals surface area contributed by atoms with Gasteiger partial charge in [0.15, 0.2) is 0 Å². The van der Waals surface area contributed by atoms with Gasteiger partial charge in [-0.3, -0.25) is 13.9 Å². The summed E-state index contributed by atoms with van der Waals surface area (Å²) in [6, 6.07) is 30.4. The predicted molar refractivity (Wildman–Crippen MR) is 179 cm³/mol. The van der Waals surface area contributed by atoms with Crippen LogP contribution >= 0.6 is 27.5 Å². The van der Waals surface area contributed by atoms with E-state index in [1.54, 1.807) is 60.7 Å². The van der Waals surface area contributed by atoms with Gasteiger partial charge in [-0.05, 0) is 53.9 Å². The Morgan fingerprint density at radius 2 is 1.55 bits per heavy atom. The minimum atomic E-state index is -4.16. The molecule has 4 aromatic carbocycles. The Balaban J connectivity index is 1.79. The van der Waals surface area contributed by atoms with E-state index in [2.05, 4.69) is 21.2 Å². The molecule has 0 aliphatic heterocycles. The predicted octanol–water partition coefficient (Wildman–Crippen LogP) is 6.85. The molecule has 0 aliphatic carbocycles. The van der Waals surface area contributed by atoms with Crippen molar-refractivity contribution in [1.29, 1.82) is 0 Å². The van der Waals surface area contributed by atoms with Gasteiger partial charge in [-0.1, -0.05) is 114 Å². The van der Waals surface area contributed by atoms with Crippen LogP contribution in [0.2, 0.25) is 5.02 Å². The average Bonchev–Trinajstić information content (AvgIpc) is 3.03. The van der Waals surface area contributed by atoms with Crippen LogP contribution in [0.4, 0.5) is 5.69 Å². The van der Waals surface area contributed by atoms with E-state index in [0.717, 1.165) is 22.7 Å². The number of unbranched alkanes of at least 4 members (excludes halogenated alkanes) is 1. The smallest absolute Gasteiger partial charge is 0.264 e. The highest BCUT2D eigenvalue weighted by molar-refractivity contribution is 9.10. The lowest BCUT2D eigenvalue weighted by atomic mass is 10.0. The Bertz CT molecular complexity index is 1660. The first kappa shape index (κ1) is 33.2. The molecule has 230 valence electrons. The van der Waals surface area contributed by atoms with Crippen LogP contribution in [-0.4, -0.2) is 44.3 Å². The summed E-state index contributed by atoms with van der Waals surface area (Å²) in [5, 5.41) is 3.43. The van der Waals surface area contributed by atoms with E-state index >= 15 is 0 Å². The molecule has 1 N–H and O–H groups in total. The topological polar surface area (TPSA) is 86.8 Å². The number of halogens is 2. The number of benzene rings is 4. The molecule has 7 nitrogen and oxygen atoms in total. The minimum Gasteiger partial charge on any atom is -0.354 e. The van der Waals surface area contributed by atoms with Gasteiger partial charge in [0.1, 0.15) is 12.6 Å². The number of sulfonamides is 1. The molecule has 44 heavy (non-hydrogen) atoms. The highest BCUT2D eigenvalue weighted by Crippen LogP contribution is 2.28. The Morgan fingerprint density at radius 3 is 2.20 bits per heavy atom. The number of nitrogens with zero attached hydrogens (tertiary/aromatic N) is 2. The SMILES string of the molecule is CCCCNC(=O)[C@@H](Cc1ccccc1)N(Cc1ccccc1Cl)C(=O)CN(c1cccc(Br)c1)S(=O)(=O)c1ccccc1. The van der Waals surface area contributed by atoms with E-state index in [1.807, 2.05) is 43.3 Å². The van der Waals surface area contributed by atoms with Gasteiger partial charge in [-0.25, -0.2) is 8.42 Å². The van der Waals surface area contributed by atoms with Crippen molar-refractivity contribution >= 4 is 55.1 Å². The second kappa shape index (κ2) is 15.9. The molecule has 4 aromatic rings. The largest absolute Gasteiger partial charge is 0.354 e. The molecule has 0 unspecified atom stereocenters. The first-order valence-corrected chi connectivity index (χ1v) is 17.0. The van der Waals surface area contributed by atoms with E-state index in [9.17, 15) is 18.0 Å². The monoisotopic (exact) mass is 695 g/mol. The van der Waals surface area contributed by atoms with Gasteiger partial charge in [0.25, 0.3) is 10.0 Å². The van der Waals surface area contributed by atoms with Crippen molar-refractivity contribution in [3.8, 4) is 0 Å². The van der Waals surface area contributed by atoms with Crippen molar-refractivity contribution in [2.45, 2.75) is 43.7 Å². The molecular formula is C34H35BrClN3O4S. The highest BCUT2D eigenvalue weighted by Gasteiger charge is 2.34. The molecule has 0 saturated carbocycles. The Labute approximate surface area is 273 Å². The summed E-state index contributed by atoms with van der Waals surface area (Å²) in [6.07, 6.45) is 1.91. The summed E-state index contributed by atoms with van der Waals surface area (Å²) in [5.41, 5.74) is 1.81. The third-order valence-corrected chi connectivity index (χ3v) is 9.76. The zero-order valence-corrected chi connectivity index (χ0v) is 27.6. The van der Waals surface area contributed by atoms with Crippen LogP contribution in [0, 0.1) is 0 Å². The zero-order valence-electron chi connectivity index (χ0n) is 24.4. The fraction of sp³-hybridized carbons (Fsp3) is 0.235.